The van der Waals surface area contributed by atoms with Crippen molar-refractivity contribution in [1.29, 1.82) is 0 Å². The molecule has 1 N–H and O–H groups in total. The van der Waals surface area contributed by atoms with E-state index in [0.717, 1.165) is 6.54 Å². The van der Waals surface area contributed by atoms with Crippen LogP contribution in [0.2, 0.25) is 0 Å². The number of rotatable bonds is 3. The fraction of sp³-hybridized carbons (Fsp3) is 1.00. The molecular formula is C14H30N2. The molecule has 0 aromatic rings. The third kappa shape index (κ3) is 4.06. The second kappa shape index (κ2) is 5.05. The van der Waals surface area contributed by atoms with Crippen LogP contribution < -0.4 is 5.32 Å². The Hall–Kier alpha value is -0.0800. The first-order chi connectivity index (χ1) is 7.24. The zero-order chi connectivity index (χ0) is 12.4. The van der Waals surface area contributed by atoms with Gasteiger partial charge in [-0.2, -0.15) is 0 Å². The Kier molecular flexibility index (Phi) is 4.42. The summed E-state index contributed by atoms with van der Waals surface area (Å²) in [5, 5.41) is 3.59. The molecule has 2 heteroatoms. The van der Waals surface area contributed by atoms with E-state index in [0.29, 0.717) is 17.0 Å². The maximum absolute atomic E-state index is 3.59. The molecule has 0 radical (unpaired) electrons. The molecule has 0 spiro atoms. The molecule has 0 saturated carbocycles. The van der Waals surface area contributed by atoms with Gasteiger partial charge in [-0.15, -0.1) is 0 Å². The van der Waals surface area contributed by atoms with Crippen LogP contribution in [0.3, 0.4) is 0 Å². The standard InChI is InChI=1S/C14H30N2/c1-7-12-10-16(9-8-15-12)14(5,6)11-13(2,3)4/h12,15H,7-11H2,1-6H3. The van der Waals surface area contributed by atoms with Gasteiger partial charge >= 0.3 is 0 Å². The predicted octanol–water partition coefficient (Wildman–Crippen LogP) is 2.89. The number of nitrogens with zero attached hydrogens (tertiary/aromatic N) is 1. The highest BCUT2D eigenvalue weighted by Gasteiger charge is 2.33. The molecule has 1 saturated heterocycles. The van der Waals surface area contributed by atoms with Crippen molar-refractivity contribution < 1.29 is 0 Å². The van der Waals surface area contributed by atoms with Gasteiger partial charge in [0, 0.05) is 31.2 Å². The third-order valence-corrected chi connectivity index (χ3v) is 3.57. The van der Waals surface area contributed by atoms with Crippen molar-refractivity contribution in [3.63, 3.8) is 0 Å². The Labute approximate surface area is 102 Å². The SMILES string of the molecule is CCC1CN(C(C)(C)CC(C)(C)C)CCN1. The van der Waals surface area contributed by atoms with Crippen molar-refractivity contribution >= 4 is 0 Å². The van der Waals surface area contributed by atoms with E-state index in [4.69, 9.17) is 0 Å². The highest BCUT2D eigenvalue weighted by molar-refractivity contribution is 4.90. The van der Waals surface area contributed by atoms with Gasteiger partial charge in [0.2, 0.25) is 0 Å². The van der Waals surface area contributed by atoms with Crippen LogP contribution in [-0.2, 0) is 0 Å². The molecule has 0 amide bonds. The minimum absolute atomic E-state index is 0.327. The number of hydrogen-bond donors (Lipinski definition) is 1. The summed E-state index contributed by atoms with van der Waals surface area (Å²) in [5.41, 5.74) is 0.740. The lowest BCUT2D eigenvalue weighted by molar-refractivity contribution is 0.0493. The van der Waals surface area contributed by atoms with Gasteiger partial charge in [0.1, 0.15) is 0 Å². The molecule has 1 unspecified atom stereocenters. The zero-order valence-electron chi connectivity index (χ0n) is 12.1. The molecule has 96 valence electrons. The first kappa shape index (κ1) is 14.0. The Bertz CT molecular complexity index is 215. The van der Waals surface area contributed by atoms with Gasteiger partial charge in [-0.25, -0.2) is 0 Å². The van der Waals surface area contributed by atoms with Crippen molar-refractivity contribution in [3.8, 4) is 0 Å². The van der Waals surface area contributed by atoms with E-state index >= 15 is 0 Å². The number of piperazine rings is 1. The molecule has 1 aliphatic rings. The minimum atomic E-state index is 0.327. The highest BCUT2D eigenvalue weighted by Crippen LogP contribution is 2.31. The lowest BCUT2D eigenvalue weighted by Gasteiger charge is -2.46. The van der Waals surface area contributed by atoms with Crippen LogP contribution in [0.4, 0.5) is 0 Å². The zero-order valence-corrected chi connectivity index (χ0v) is 12.1. The van der Waals surface area contributed by atoms with Gasteiger partial charge in [-0.05, 0) is 32.1 Å². The summed E-state index contributed by atoms with van der Waals surface area (Å²) >= 11 is 0. The van der Waals surface area contributed by atoms with E-state index in [1.807, 2.05) is 0 Å². The summed E-state index contributed by atoms with van der Waals surface area (Å²) in [7, 11) is 0. The predicted molar refractivity (Wildman–Crippen MR) is 71.8 cm³/mol. The molecule has 16 heavy (non-hydrogen) atoms. The molecule has 0 aromatic heterocycles. The van der Waals surface area contributed by atoms with Crippen LogP contribution in [0.5, 0.6) is 0 Å². The van der Waals surface area contributed by atoms with Crippen molar-refractivity contribution in [2.24, 2.45) is 5.41 Å². The largest absolute Gasteiger partial charge is 0.311 e. The maximum atomic E-state index is 3.59. The van der Waals surface area contributed by atoms with Gasteiger partial charge < -0.3 is 5.32 Å². The van der Waals surface area contributed by atoms with E-state index in [2.05, 4.69) is 51.8 Å². The van der Waals surface area contributed by atoms with Crippen LogP contribution in [-0.4, -0.2) is 36.1 Å². The van der Waals surface area contributed by atoms with Crippen LogP contribution in [0.25, 0.3) is 0 Å². The van der Waals surface area contributed by atoms with E-state index in [1.165, 1.54) is 25.9 Å². The normalized spacial score (nSPS) is 24.8. The molecule has 1 fully saturated rings. The summed E-state index contributed by atoms with van der Waals surface area (Å²) < 4.78 is 0. The summed E-state index contributed by atoms with van der Waals surface area (Å²) in [6.07, 6.45) is 2.50. The lowest BCUT2D eigenvalue weighted by Crippen LogP contribution is -2.58. The molecule has 0 bridgehead atoms. The molecular weight excluding hydrogens is 196 g/mol. The third-order valence-electron chi connectivity index (χ3n) is 3.57. The van der Waals surface area contributed by atoms with Gasteiger partial charge in [0.05, 0.1) is 0 Å². The summed E-state index contributed by atoms with van der Waals surface area (Å²) in [6, 6.07) is 0.688. The van der Waals surface area contributed by atoms with Crippen molar-refractivity contribution in [1.82, 2.24) is 10.2 Å². The van der Waals surface area contributed by atoms with Crippen LogP contribution >= 0.6 is 0 Å². The highest BCUT2D eigenvalue weighted by atomic mass is 15.2. The molecule has 1 atom stereocenters. The number of nitrogens with one attached hydrogen (secondary N) is 1. The second-order valence-electron chi connectivity index (χ2n) is 7.06. The van der Waals surface area contributed by atoms with Gasteiger partial charge in [-0.1, -0.05) is 27.7 Å². The molecule has 1 rings (SSSR count). The maximum Gasteiger partial charge on any atom is 0.0193 e. The Morgan fingerprint density at radius 2 is 1.81 bits per heavy atom. The summed E-state index contributed by atoms with van der Waals surface area (Å²) in [4.78, 5) is 2.67. The topological polar surface area (TPSA) is 15.3 Å². The van der Waals surface area contributed by atoms with Crippen LogP contribution in [0.1, 0.15) is 54.4 Å². The average Bonchev–Trinajstić information content (AvgIpc) is 2.14. The van der Waals surface area contributed by atoms with E-state index in [-0.39, 0.29) is 0 Å². The van der Waals surface area contributed by atoms with E-state index in [9.17, 15) is 0 Å². The second-order valence-corrected chi connectivity index (χ2v) is 7.06. The average molecular weight is 226 g/mol. The van der Waals surface area contributed by atoms with Crippen molar-refractivity contribution in [3.05, 3.63) is 0 Å². The minimum Gasteiger partial charge on any atom is -0.311 e. The Morgan fingerprint density at radius 3 is 2.31 bits per heavy atom. The number of hydrogen-bond acceptors (Lipinski definition) is 2. The van der Waals surface area contributed by atoms with Crippen LogP contribution in [0.15, 0.2) is 0 Å². The van der Waals surface area contributed by atoms with E-state index < -0.39 is 0 Å². The lowest BCUT2D eigenvalue weighted by atomic mass is 9.80. The quantitative estimate of drug-likeness (QED) is 0.796. The first-order valence-electron chi connectivity index (χ1n) is 6.73. The molecule has 2 nitrogen and oxygen atoms in total. The van der Waals surface area contributed by atoms with Crippen molar-refractivity contribution in [2.45, 2.75) is 66.0 Å². The van der Waals surface area contributed by atoms with Crippen molar-refractivity contribution in [2.75, 3.05) is 19.6 Å². The Balaban J connectivity index is 2.60. The fourth-order valence-corrected chi connectivity index (χ4v) is 3.06. The molecule has 1 aliphatic heterocycles. The Morgan fingerprint density at radius 1 is 1.19 bits per heavy atom. The molecule has 0 aliphatic carbocycles. The molecule has 1 heterocycles. The van der Waals surface area contributed by atoms with Gasteiger partial charge in [0.25, 0.3) is 0 Å². The molecule has 0 aromatic carbocycles. The van der Waals surface area contributed by atoms with Crippen LogP contribution in [0, 0.1) is 5.41 Å². The van der Waals surface area contributed by atoms with Gasteiger partial charge in [-0.3, -0.25) is 4.90 Å². The smallest absolute Gasteiger partial charge is 0.0193 e. The van der Waals surface area contributed by atoms with Gasteiger partial charge in [0.15, 0.2) is 0 Å². The fourth-order valence-electron chi connectivity index (χ4n) is 3.06. The summed E-state index contributed by atoms with van der Waals surface area (Å²) in [6.45, 7) is 17.6. The first-order valence-corrected chi connectivity index (χ1v) is 6.73. The summed E-state index contributed by atoms with van der Waals surface area (Å²) in [5.74, 6) is 0. The van der Waals surface area contributed by atoms with E-state index in [1.54, 1.807) is 0 Å². The monoisotopic (exact) mass is 226 g/mol.